The zero-order valence-corrected chi connectivity index (χ0v) is 19.9. The highest BCUT2D eigenvalue weighted by molar-refractivity contribution is 9.10. The van der Waals surface area contributed by atoms with Gasteiger partial charge in [0.1, 0.15) is 0 Å². The minimum atomic E-state index is 0.00206. The molecule has 1 amide bonds. The van der Waals surface area contributed by atoms with Crippen LogP contribution in [0, 0.1) is 0 Å². The van der Waals surface area contributed by atoms with Crippen LogP contribution in [-0.4, -0.2) is 35.4 Å². The van der Waals surface area contributed by atoms with Gasteiger partial charge in [0, 0.05) is 21.1 Å². The van der Waals surface area contributed by atoms with E-state index in [2.05, 4.69) is 76.4 Å². The van der Waals surface area contributed by atoms with Gasteiger partial charge < -0.3 is 5.32 Å². The third kappa shape index (κ3) is 5.06. The van der Waals surface area contributed by atoms with E-state index in [1.165, 1.54) is 0 Å². The van der Waals surface area contributed by atoms with Gasteiger partial charge in [0.15, 0.2) is 0 Å². The van der Waals surface area contributed by atoms with Crippen molar-refractivity contribution < 1.29 is 4.79 Å². The van der Waals surface area contributed by atoms with E-state index < -0.39 is 0 Å². The number of anilines is 1. The van der Waals surface area contributed by atoms with Gasteiger partial charge in [-0.25, -0.2) is 4.98 Å². The van der Waals surface area contributed by atoms with Crippen LogP contribution in [-0.2, 0) is 4.79 Å². The fourth-order valence-electron chi connectivity index (χ4n) is 3.78. The van der Waals surface area contributed by atoms with E-state index in [9.17, 15) is 4.79 Å². The first-order chi connectivity index (χ1) is 15.6. The van der Waals surface area contributed by atoms with Crippen LogP contribution in [0.5, 0.6) is 0 Å². The fraction of sp³-hybridized carbons (Fsp3) is 0.185. The predicted molar refractivity (Wildman–Crippen MR) is 137 cm³/mol. The third-order valence-electron chi connectivity index (χ3n) is 5.58. The van der Waals surface area contributed by atoms with Gasteiger partial charge in [-0.2, -0.15) is 0 Å². The van der Waals surface area contributed by atoms with Crippen LogP contribution < -0.4 is 5.32 Å². The molecule has 1 aromatic heterocycles. The van der Waals surface area contributed by atoms with Crippen molar-refractivity contribution in [3.05, 3.63) is 83.3 Å². The zero-order chi connectivity index (χ0) is 22.5. The fourth-order valence-corrected chi connectivity index (χ4v) is 4.14. The Morgan fingerprint density at radius 1 is 0.906 bits per heavy atom. The minimum absolute atomic E-state index is 0.00206. The summed E-state index contributed by atoms with van der Waals surface area (Å²) in [7, 11) is 0. The number of nitrogens with one attached hydrogen (secondary N) is 1. The smallest absolute Gasteiger partial charge is 0.238 e. The van der Waals surface area contributed by atoms with Crippen molar-refractivity contribution in [2.24, 2.45) is 0 Å². The van der Waals surface area contributed by atoms with Crippen molar-refractivity contribution in [3.8, 4) is 22.4 Å². The second-order valence-corrected chi connectivity index (χ2v) is 8.59. The molecule has 4 nitrogen and oxygen atoms in total. The Hall–Kier alpha value is -3.02. The largest absolute Gasteiger partial charge is 0.325 e. The lowest BCUT2D eigenvalue weighted by Crippen LogP contribution is -2.32. The Morgan fingerprint density at radius 2 is 1.62 bits per heavy atom. The number of hydrogen-bond acceptors (Lipinski definition) is 3. The van der Waals surface area contributed by atoms with Crippen molar-refractivity contribution in [2.45, 2.75) is 13.8 Å². The molecule has 0 saturated carbocycles. The molecular weight excluding hydrogens is 462 g/mol. The Kier molecular flexibility index (Phi) is 6.98. The average molecular weight is 488 g/mol. The SMILES string of the molecule is CCN(CC)CC(=O)Nc1ccc(-c2cc(-c3ccccc3)c3cc(Br)ccc3n2)cc1. The summed E-state index contributed by atoms with van der Waals surface area (Å²) in [6.07, 6.45) is 0. The average Bonchev–Trinajstić information content (AvgIpc) is 2.83. The normalized spacial score (nSPS) is 11.1. The lowest BCUT2D eigenvalue weighted by molar-refractivity contribution is -0.117. The number of aromatic nitrogens is 1. The summed E-state index contributed by atoms with van der Waals surface area (Å²) in [5.74, 6) is 0.00206. The van der Waals surface area contributed by atoms with E-state index in [-0.39, 0.29) is 5.91 Å². The summed E-state index contributed by atoms with van der Waals surface area (Å²) >= 11 is 3.59. The molecule has 0 aliphatic carbocycles. The summed E-state index contributed by atoms with van der Waals surface area (Å²) in [6.45, 7) is 6.24. The Bertz CT molecular complexity index is 1220. The topological polar surface area (TPSA) is 45.2 Å². The van der Waals surface area contributed by atoms with Crippen molar-refractivity contribution in [1.29, 1.82) is 0 Å². The van der Waals surface area contributed by atoms with E-state index in [4.69, 9.17) is 4.98 Å². The van der Waals surface area contributed by atoms with Gasteiger partial charge in [-0.1, -0.05) is 72.2 Å². The lowest BCUT2D eigenvalue weighted by atomic mass is 9.98. The second kappa shape index (κ2) is 10.1. The summed E-state index contributed by atoms with van der Waals surface area (Å²) < 4.78 is 1.03. The van der Waals surface area contributed by atoms with Gasteiger partial charge in [0.25, 0.3) is 0 Å². The molecule has 0 bridgehead atoms. The molecule has 0 saturated heterocycles. The molecule has 0 atom stereocenters. The molecule has 0 unspecified atom stereocenters. The first-order valence-corrected chi connectivity index (χ1v) is 11.6. The predicted octanol–water partition coefficient (Wildman–Crippen LogP) is 6.61. The summed E-state index contributed by atoms with van der Waals surface area (Å²) in [5, 5.41) is 4.09. The van der Waals surface area contributed by atoms with Crippen molar-refractivity contribution in [3.63, 3.8) is 0 Å². The summed E-state index contributed by atoms with van der Waals surface area (Å²) in [5.41, 5.74) is 5.94. The Morgan fingerprint density at radius 3 is 2.31 bits per heavy atom. The standard InChI is InChI=1S/C27H26BrN3O/c1-3-31(4-2)18-27(32)29-22-13-10-20(11-14-22)26-17-23(19-8-6-5-7-9-19)24-16-21(28)12-15-25(24)30-26/h5-17H,3-4,18H2,1-2H3,(H,29,32). The zero-order valence-electron chi connectivity index (χ0n) is 18.3. The van der Waals surface area contributed by atoms with Gasteiger partial charge >= 0.3 is 0 Å². The van der Waals surface area contributed by atoms with Gasteiger partial charge in [0.05, 0.1) is 17.8 Å². The van der Waals surface area contributed by atoms with Crippen LogP contribution >= 0.6 is 15.9 Å². The maximum atomic E-state index is 12.3. The molecule has 0 radical (unpaired) electrons. The molecule has 162 valence electrons. The molecule has 4 aromatic rings. The number of hydrogen-bond donors (Lipinski definition) is 1. The number of likely N-dealkylation sites (N-methyl/N-ethyl adjacent to an activating group) is 1. The van der Waals surface area contributed by atoms with Gasteiger partial charge in [-0.15, -0.1) is 0 Å². The maximum Gasteiger partial charge on any atom is 0.238 e. The number of halogens is 1. The quantitative estimate of drug-likeness (QED) is 0.318. The number of benzene rings is 3. The molecule has 0 aliphatic rings. The second-order valence-electron chi connectivity index (χ2n) is 7.67. The number of carbonyl (C=O) groups excluding carboxylic acids is 1. The lowest BCUT2D eigenvalue weighted by Gasteiger charge is -2.17. The molecule has 4 rings (SSSR count). The highest BCUT2D eigenvalue weighted by atomic mass is 79.9. The highest BCUT2D eigenvalue weighted by Crippen LogP contribution is 2.33. The summed E-state index contributed by atoms with van der Waals surface area (Å²) in [6, 6.07) is 26.6. The van der Waals surface area contributed by atoms with Crippen molar-refractivity contribution in [1.82, 2.24) is 9.88 Å². The van der Waals surface area contributed by atoms with Crippen LogP contribution in [0.1, 0.15) is 13.8 Å². The number of carbonyl (C=O) groups is 1. The van der Waals surface area contributed by atoms with Crippen LogP contribution in [0.4, 0.5) is 5.69 Å². The molecule has 0 spiro atoms. The van der Waals surface area contributed by atoms with Crippen LogP contribution in [0.3, 0.4) is 0 Å². The molecule has 5 heteroatoms. The van der Waals surface area contributed by atoms with Gasteiger partial charge in [-0.05, 0) is 60.6 Å². The first kappa shape index (κ1) is 22.2. The molecule has 1 heterocycles. The maximum absolute atomic E-state index is 12.3. The molecule has 3 aromatic carbocycles. The van der Waals surface area contributed by atoms with E-state index >= 15 is 0 Å². The van der Waals surface area contributed by atoms with Crippen LogP contribution in [0.15, 0.2) is 83.3 Å². The molecule has 1 N–H and O–H groups in total. The van der Waals surface area contributed by atoms with E-state index in [1.54, 1.807) is 0 Å². The molecule has 0 aliphatic heterocycles. The third-order valence-corrected chi connectivity index (χ3v) is 6.07. The van der Waals surface area contributed by atoms with E-state index in [0.717, 1.165) is 56.5 Å². The van der Waals surface area contributed by atoms with Crippen LogP contribution in [0.2, 0.25) is 0 Å². The number of amides is 1. The Labute approximate surface area is 197 Å². The van der Waals surface area contributed by atoms with Gasteiger partial charge in [0.2, 0.25) is 5.91 Å². The van der Waals surface area contributed by atoms with Crippen molar-refractivity contribution in [2.75, 3.05) is 25.0 Å². The number of pyridine rings is 1. The van der Waals surface area contributed by atoms with Crippen LogP contribution in [0.25, 0.3) is 33.3 Å². The number of rotatable bonds is 7. The van der Waals surface area contributed by atoms with E-state index in [0.29, 0.717) is 6.54 Å². The molecular formula is C27H26BrN3O. The number of nitrogens with zero attached hydrogens (tertiary/aromatic N) is 2. The van der Waals surface area contributed by atoms with Crippen molar-refractivity contribution >= 4 is 38.4 Å². The molecule has 32 heavy (non-hydrogen) atoms. The highest BCUT2D eigenvalue weighted by Gasteiger charge is 2.11. The van der Waals surface area contributed by atoms with Gasteiger partial charge in [-0.3, -0.25) is 9.69 Å². The summed E-state index contributed by atoms with van der Waals surface area (Å²) in [4.78, 5) is 19.3. The monoisotopic (exact) mass is 487 g/mol. The number of fused-ring (bicyclic) bond motifs is 1. The minimum Gasteiger partial charge on any atom is -0.325 e. The molecule has 0 fully saturated rings. The first-order valence-electron chi connectivity index (χ1n) is 10.9. The van der Waals surface area contributed by atoms with E-state index in [1.807, 2.05) is 42.5 Å². The Balaban J connectivity index is 1.65.